The largest absolute Gasteiger partial charge is 0.506 e. The van der Waals surface area contributed by atoms with Crippen molar-refractivity contribution in [2.45, 2.75) is 32.4 Å². The molecule has 0 bridgehead atoms. The summed E-state index contributed by atoms with van der Waals surface area (Å²) in [5.41, 5.74) is 4.58. The lowest BCUT2D eigenvalue weighted by Gasteiger charge is -2.28. The van der Waals surface area contributed by atoms with Crippen molar-refractivity contribution in [3.05, 3.63) is 76.3 Å². The topological polar surface area (TPSA) is 73.5 Å². The molecule has 3 aromatic rings. The maximum atomic E-state index is 10.5. The number of aromatic hydroxyl groups is 1. The van der Waals surface area contributed by atoms with E-state index in [0.29, 0.717) is 28.8 Å². The molecule has 31 heavy (non-hydrogen) atoms. The molecule has 2 aromatic heterocycles. The van der Waals surface area contributed by atoms with E-state index >= 15 is 0 Å². The quantitative estimate of drug-likeness (QED) is 0.483. The lowest BCUT2D eigenvalue weighted by molar-refractivity contribution is 0.247. The first-order chi connectivity index (χ1) is 14.9. The number of hydrogen-bond acceptors (Lipinski definition) is 4. The summed E-state index contributed by atoms with van der Waals surface area (Å²) in [6.07, 6.45) is 2.39. The molecule has 3 N–H and O–H groups in total. The Morgan fingerprint density at radius 1 is 1.19 bits per heavy atom. The maximum absolute atomic E-state index is 10.5. The number of nitrogens with one attached hydrogen (secondary N) is 1. The third kappa shape index (κ3) is 4.01. The smallest absolute Gasteiger partial charge is 0.170 e. The fraction of sp³-hybridized carbons (Fsp3) is 0.304. The Labute approximate surface area is 192 Å². The Morgan fingerprint density at radius 3 is 2.71 bits per heavy atom. The highest BCUT2D eigenvalue weighted by Gasteiger charge is 2.41. The number of phenolic OH excluding ortho intramolecular Hbond substituents is 1. The second kappa shape index (κ2) is 8.86. The first kappa shape index (κ1) is 21.6. The molecule has 0 unspecified atom stereocenters. The van der Waals surface area contributed by atoms with Crippen LogP contribution in [0.1, 0.15) is 41.1 Å². The van der Waals surface area contributed by atoms with E-state index in [-0.39, 0.29) is 24.4 Å². The second-order valence-corrected chi connectivity index (χ2v) is 8.52. The van der Waals surface area contributed by atoms with Crippen LogP contribution in [-0.4, -0.2) is 42.9 Å². The van der Waals surface area contributed by atoms with Gasteiger partial charge in [-0.2, -0.15) is 0 Å². The average molecular weight is 457 g/mol. The van der Waals surface area contributed by atoms with Crippen LogP contribution < -0.4 is 5.32 Å². The minimum absolute atomic E-state index is 0.0928. The number of aryl methyl sites for hydroxylation is 1. The van der Waals surface area contributed by atoms with E-state index < -0.39 is 0 Å². The van der Waals surface area contributed by atoms with Gasteiger partial charge in [0.15, 0.2) is 5.11 Å². The molecular formula is C23H25ClN4O2S. The van der Waals surface area contributed by atoms with Gasteiger partial charge in [-0.1, -0.05) is 17.7 Å². The lowest BCUT2D eigenvalue weighted by Crippen LogP contribution is -2.31. The number of aliphatic hydroxyl groups excluding tert-OH is 1. The van der Waals surface area contributed by atoms with Crippen LogP contribution in [0.4, 0.5) is 0 Å². The van der Waals surface area contributed by atoms with Crippen LogP contribution in [0.15, 0.2) is 48.7 Å². The Balaban J connectivity index is 1.84. The summed E-state index contributed by atoms with van der Waals surface area (Å²) in [7, 11) is 0. The van der Waals surface area contributed by atoms with Gasteiger partial charge >= 0.3 is 0 Å². The van der Waals surface area contributed by atoms with Crippen molar-refractivity contribution in [3.8, 4) is 11.4 Å². The molecule has 0 radical (unpaired) electrons. The van der Waals surface area contributed by atoms with Gasteiger partial charge in [0.2, 0.25) is 0 Å². The molecule has 1 aliphatic rings. The van der Waals surface area contributed by atoms with Crippen molar-refractivity contribution in [1.29, 1.82) is 0 Å². The van der Waals surface area contributed by atoms with Gasteiger partial charge in [0.05, 0.1) is 23.5 Å². The van der Waals surface area contributed by atoms with Gasteiger partial charge in [-0.25, -0.2) is 0 Å². The normalized spacial score (nSPS) is 18.5. The standard InChI is InChI=1S/C23H25ClN4O2S/c1-14-12-17(15(2)28(14)19-13-16(24)7-8-20(19)30)22-21(18-6-3-4-9-25-18)26-23(31)27(22)10-5-11-29/h3-4,6-9,12-13,21-22,29-30H,5,10-11H2,1-2H3,(H,26,31)/t21-,22+/m0/s1. The number of halogens is 1. The molecule has 0 aliphatic carbocycles. The molecule has 1 saturated heterocycles. The summed E-state index contributed by atoms with van der Waals surface area (Å²) in [5.74, 6) is 0.163. The number of pyridine rings is 1. The van der Waals surface area contributed by atoms with Gasteiger partial charge in [-0.05, 0) is 74.4 Å². The van der Waals surface area contributed by atoms with E-state index in [9.17, 15) is 10.2 Å². The number of aliphatic hydroxyl groups is 1. The van der Waals surface area contributed by atoms with Crippen LogP contribution in [0.5, 0.6) is 5.75 Å². The molecule has 0 amide bonds. The third-order valence-electron chi connectivity index (χ3n) is 5.72. The third-order valence-corrected chi connectivity index (χ3v) is 6.31. The van der Waals surface area contributed by atoms with Crippen LogP contribution in [-0.2, 0) is 0 Å². The van der Waals surface area contributed by atoms with Crippen molar-refractivity contribution in [2.75, 3.05) is 13.2 Å². The molecule has 3 heterocycles. The molecule has 1 fully saturated rings. The number of phenols is 1. The minimum atomic E-state index is -0.130. The van der Waals surface area contributed by atoms with Crippen molar-refractivity contribution in [3.63, 3.8) is 0 Å². The number of hydrogen-bond donors (Lipinski definition) is 3. The van der Waals surface area contributed by atoms with E-state index in [2.05, 4.69) is 21.3 Å². The highest BCUT2D eigenvalue weighted by Crippen LogP contribution is 2.42. The summed E-state index contributed by atoms with van der Waals surface area (Å²) in [6.45, 7) is 4.76. The summed E-state index contributed by atoms with van der Waals surface area (Å²) < 4.78 is 2.01. The van der Waals surface area contributed by atoms with Crippen LogP contribution in [0.2, 0.25) is 5.02 Å². The van der Waals surface area contributed by atoms with Gasteiger partial charge in [0.1, 0.15) is 5.75 Å². The van der Waals surface area contributed by atoms with E-state index in [0.717, 1.165) is 22.6 Å². The predicted octanol–water partition coefficient (Wildman–Crippen LogP) is 4.20. The molecular weight excluding hydrogens is 432 g/mol. The van der Waals surface area contributed by atoms with Crippen LogP contribution in [0.3, 0.4) is 0 Å². The molecule has 8 heteroatoms. The van der Waals surface area contributed by atoms with Gasteiger partial charge in [0, 0.05) is 35.8 Å². The second-order valence-electron chi connectivity index (χ2n) is 7.69. The summed E-state index contributed by atoms with van der Waals surface area (Å²) in [4.78, 5) is 6.69. The summed E-state index contributed by atoms with van der Waals surface area (Å²) in [6, 6.07) is 12.8. The van der Waals surface area contributed by atoms with Gasteiger partial charge in [-0.3, -0.25) is 4.98 Å². The zero-order chi connectivity index (χ0) is 22.1. The predicted molar refractivity (Wildman–Crippen MR) is 126 cm³/mol. The minimum Gasteiger partial charge on any atom is -0.506 e. The van der Waals surface area contributed by atoms with Crippen molar-refractivity contribution in [2.24, 2.45) is 0 Å². The number of nitrogens with zero attached hydrogens (tertiary/aromatic N) is 3. The number of thiocarbonyl (C=S) groups is 1. The molecule has 1 aromatic carbocycles. The molecule has 6 nitrogen and oxygen atoms in total. The van der Waals surface area contributed by atoms with Crippen molar-refractivity contribution in [1.82, 2.24) is 19.8 Å². The highest BCUT2D eigenvalue weighted by atomic mass is 35.5. The molecule has 0 spiro atoms. The number of aromatic nitrogens is 2. The van der Waals surface area contributed by atoms with Crippen LogP contribution >= 0.6 is 23.8 Å². The molecule has 162 valence electrons. The van der Waals surface area contributed by atoms with E-state index in [1.165, 1.54) is 0 Å². The zero-order valence-electron chi connectivity index (χ0n) is 17.4. The zero-order valence-corrected chi connectivity index (χ0v) is 19.0. The first-order valence-corrected chi connectivity index (χ1v) is 11.0. The Kier molecular flexibility index (Phi) is 6.18. The van der Waals surface area contributed by atoms with E-state index in [4.69, 9.17) is 23.8 Å². The Morgan fingerprint density at radius 2 is 2.00 bits per heavy atom. The Hall–Kier alpha value is -2.61. The summed E-state index contributed by atoms with van der Waals surface area (Å²) >= 11 is 11.9. The molecule has 0 saturated carbocycles. The fourth-order valence-electron chi connectivity index (χ4n) is 4.36. The number of benzene rings is 1. The van der Waals surface area contributed by atoms with E-state index in [1.807, 2.05) is 36.6 Å². The van der Waals surface area contributed by atoms with Gasteiger partial charge < -0.3 is 25.0 Å². The highest BCUT2D eigenvalue weighted by molar-refractivity contribution is 7.80. The fourth-order valence-corrected chi connectivity index (χ4v) is 4.86. The molecule has 2 atom stereocenters. The monoisotopic (exact) mass is 456 g/mol. The van der Waals surface area contributed by atoms with Crippen LogP contribution in [0.25, 0.3) is 5.69 Å². The van der Waals surface area contributed by atoms with E-state index in [1.54, 1.807) is 24.4 Å². The molecule has 1 aliphatic heterocycles. The SMILES string of the molecule is Cc1cc([C@@H]2[C@H](c3ccccn3)NC(=S)N2CCCO)c(C)n1-c1cc(Cl)ccc1O. The average Bonchev–Trinajstić information content (AvgIpc) is 3.24. The van der Waals surface area contributed by atoms with Crippen molar-refractivity contribution < 1.29 is 10.2 Å². The summed E-state index contributed by atoms with van der Waals surface area (Å²) in [5, 5.41) is 24.5. The molecule has 4 rings (SSSR count). The first-order valence-electron chi connectivity index (χ1n) is 10.2. The van der Waals surface area contributed by atoms with Crippen molar-refractivity contribution >= 4 is 28.9 Å². The van der Waals surface area contributed by atoms with Gasteiger partial charge in [0.25, 0.3) is 0 Å². The lowest BCUT2D eigenvalue weighted by atomic mass is 9.96. The van der Waals surface area contributed by atoms with Crippen LogP contribution in [0, 0.1) is 13.8 Å². The maximum Gasteiger partial charge on any atom is 0.170 e. The Bertz CT molecular complexity index is 1100. The van der Waals surface area contributed by atoms with Gasteiger partial charge in [-0.15, -0.1) is 0 Å². The number of rotatable bonds is 6.